The van der Waals surface area contributed by atoms with Crippen LogP contribution in [0.2, 0.25) is 0 Å². The third kappa shape index (κ3) is 4.85. The van der Waals surface area contributed by atoms with Crippen molar-refractivity contribution in [3.63, 3.8) is 0 Å². The van der Waals surface area contributed by atoms with Crippen molar-refractivity contribution in [2.24, 2.45) is 5.92 Å². The number of aryl methyl sites for hydroxylation is 2. The highest BCUT2D eigenvalue weighted by atomic mass is 32.2. The third-order valence-corrected chi connectivity index (χ3v) is 5.91. The Morgan fingerprint density at radius 3 is 2.15 bits per heavy atom. The van der Waals surface area contributed by atoms with E-state index in [9.17, 15) is 13.2 Å². The molecule has 2 aromatic rings. The zero-order chi connectivity index (χ0) is 19.5. The zero-order valence-corrected chi connectivity index (χ0v) is 16.6. The third-order valence-electron chi connectivity index (χ3n) is 4.39. The van der Waals surface area contributed by atoms with Gasteiger partial charge in [0.2, 0.25) is 0 Å². The van der Waals surface area contributed by atoms with E-state index in [1.54, 1.807) is 43.3 Å². The summed E-state index contributed by atoms with van der Waals surface area (Å²) in [5.41, 5.74) is 2.47. The van der Waals surface area contributed by atoms with E-state index < -0.39 is 10.0 Å². The topological polar surface area (TPSA) is 75.3 Å². The van der Waals surface area contributed by atoms with E-state index in [1.165, 1.54) is 0 Å². The lowest BCUT2D eigenvalue weighted by atomic mass is 10.1. The first-order chi connectivity index (χ1) is 12.1. The molecule has 0 heterocycles. The van der Waals surface area contributed by atoms with Gasteiger partial charge >= 0.3 is 0 Å². The van der Waals surface area contributed by atoms with Gasteiger partial charge in [-0.1, -0.05) is 26.0 Å². The number of rotatable bonds is 6. The van der Waals surface area contributed by atoms with Gasteiger partial charge < -0.3 is 5.32 Å². The van der Waals surface area contributed by atoms with E-state index in [0.717, 1.165) is 5.56 Å². The molecule has 140 valence electrons. The maximum absolute atomic E-state index is 12.6. The minimum Gasteiger partial charge on any atom is -0.349 e. The molecule has 1 amide bonds. The summed E-state index contributed by atoms with van der Waals surface area (Å²) in [6.45, 7) is 9.64. The molecule has 2 N–H and O–H groups in total. The minimum atomic E-state index is -3.68. The monoisotopic (exact) mass is 374 g/mol. The Kier molecular flexibility index (Phi) is 6.08. The Balaban J connectivity index is 2.16. The maximum atomic E-state index is 12.6. The molecule has 0 aromatic heterocycles. The molecule has 2 aromatic carbocycles. The van der Waals surface area contributed by atoms with Crippen LogP contribution in [0.1, 0.15) is 42.3 Å². The van der Waals surface area contributed by atoms with Gasteiger partial charge in [0.25, 0.3) is 15.9 Å². The Hall–Kier alpha value is -2.34. The highest BCUT2D eigenvalue weighted by molar-refractivity contribution is 7.92. The van der Waals surface area contributed by atoms with Gasteiger partial charge in [0.05, 0.1) is 4.90 Å². The van der Waals surface area contributed by atoms with Crippen LogP contribution < -0.4 is 10.0 Å². The van der Waals surface area contributed by atoms with Crippen LogP contribution >= 0.6 is 0 Å². The molecule has 2 rings (SSSR count). The molecule has 6 heteroatoms. The van der Waals surface area contributed by atoms with E-state index >= 15 is 0 Å². The zero-order valence-electron chi connectivity index (χ0n) is 15.8. The van der Waals surface area contributed by atoms with E-state index in [4.69, 9.17) is 0 Å². The molecule has 5 nitrogen and oxygen atoms in total. The van der Waals surface area contributed by atoms with Gasteiger partial charge in [-0.3, -0.25) is 9.52 Å². The number of nitrogens with one attached hydrogen (secondary N) is 2. The molecule has 1 atom stereocenters. The number of hydrogen-bond donors (Lipinski definition) is 2. The number of anilines is 1. The van der Waals surface area contributed by atoms with Gasteiger partial charge in [-0.15, -0.1) is 0 Å². The highest BCUT2D eigenvalue weighted by Gasteiger charge is 2.18. The van der Waals surface area contributed by atoms with Crippen molar-refractivity contribution in [2.45, 2.75) is 45.6 Å². The molecule has 0 aliphatic carbocycles. The summed E-state index contributed by atoms with van der Waals surface area (Å²) in [7, 11) is -3.68. The molecule has 0 saturated carbocycles. The second kappa shape index (κ2) is 7.91. The average molecular weight is 375 g/mol. The molecule has 1 unspecified atom stereocenters. The summed E-state index contributed by atoms with van der Waals surface area (Å²) in [4.78, 5) is 12.5. The van der Waals surface area contributed by atoms with Crippen LogP contribution in [0.3, 0.4) is 0 Å². The second-order valence-electron chi connectivity index (χ2n) is 6.96. The summed E-state index contributed by atoms with van der Waals surface area (Å²) < 4.78 is 27.8. The molecule has 0 aliphatic rings. The van der Waals surface area contributed by atoms with Crippen molar-refractivity contribution in [1.29, 1.82) is 0 Å². The van der Waals surface area contributed by atoms with Gasteiger partial charge in [0.1, 0.15) is 0 Å². The van der Waals surface area contributed by atoms with Crippen LogP contribution in [-0.2, 0) is 10.0 Å². The maximum Gasteiger partial charge on any atom is 0.262 e. The smallest absolute Gasteiger partial charge is 0.262 e. The van der Waals surface area contributed by atoms with Crippen molar-refractivity contribution >= 4 is 21.6 Å². The lowest BCUT2D eigenvalue weighted by Gasteiger charge is -2.17. The normalized spacial score (nSPS) is 12.7. The Morgan fingerprint density at radius 1 is 0.962 bits per heavy atom. The molecule has 26 heavy (non-hydrogen) atoms. The fourth-order valence-electron chi connectivity index (χ4n) is 2.35. The van der Waals surface area contributed by atoms with Crippen LogP contribution in [0.15, 0.2) is 47.4 Å². The van der Waals surface area contributed by atoms with Crippen molar-refractivity contribution in [3.8, 4) is 0 Å². The fraction of sp³-hybridized carbons (Fsp3) is 0.350. The first-order valence-electron chi connectivity index (χ1n) is 8.61. The van der Waals surface area contributed by atoms with Crippen molar-refractivity contribution in [3.05, 3.63) is 59.2 Å². The van der Waals surface area contributed by atoms with Crippen LogP contribution in [0.4, 0.5) is 5.69 Å². The molecular weight excluding hydrogens is 348 g/mol. The summed E-state index contributed by atoms with van der Waals surface area (Å²) >= 11 is 0. The van der Waals surface area contributed by atoms with Crippen LogP contribution in [0.25, 0.3) is 0 Å². The van der Waals surface area contributed by atoms with Gasteiger partial charge in [0.15, 0.2) is 0 Å². The largest absolute Gasteiger partial charge is 0.349 e. The molecule has 0 radical (unpaired) electrons. The lowest BCUT2D eigenvalue weighted by molar-refractivity contribution is 0.0930. The van der Waals surface area contributed by atoms with Gasteiger partial charge in [-0.25, -0.2) is 8.42 Å². The predicted molar refractivity (Wildman–Crippen MR) is 105 cm³/mol. The van der Waals surface area contributed by atoms with Gasteiger partial charge in [-0.05, 0) is 68.1 Å². The van der Waals surface area contributed by atoms with E-state index in [1.807, 2.05) is 33.8 Å². The summed E-state index contributed by atoms with van der Waals surface area (Å²) in [6, 6.07) is 11.8. The molecule has 0 spiro atoms. The fourth-order valence-corrected chi connectivity index (χ4v) is 3.74. The van der Waals surface area contributed by atoms with Gasteiger partial charge in [0, 0.05) is 17.3 Å². The van der Waals surface area contributed by atoms with Crippen LogP contribution in [0.5, 0.6) is 0 Å². The standard InChI is InChI=1S/C20H26N2O3S/c1-13(2)16(5)21-20(23)17-8-10-18(11-9-17)22-26(24,25)19-12-14(3)6-7-15(19)4/h6-13,16,22H,1-5H3,(H,21,23). The van der Waals surface area contributed by atoms with E-state index in [-0.39, 0.29) is 16.8 Å². The van der Waals surface area contributed by atoms with Crippen LogP contribution in [0, 0.1) is 19.8 Å². The number of carbonyl (C=O) groups excluding carboxylic acids is 1. The SMILES string of the molecule is Cc1ccc(C)c(S(=O)(=O)Nc2ccc(C(=O)NC(C)C(C)C)cc2)c1. The Bertz CT molecular complexity index is 888. The second-order valence-corrected chi connectivity index (χ2v) is 8.61. The number of amides is 1. The minimum absolute atomic E-state index is 0.0602. The van der Waals surface area contributed by atoms with Gasteiger partial charge in [-0.2, -0.15) is 0 Å². The molecule has 0 aliphatic heterocycles. The van der Waals surface area contributed by atoms with Crippen molar-refractivity contribution < 1.29 is 13.2 Å². The summed E-state index contributed by atoms with van der Waals surface area (Å²) in [5.74, 6) is 0.165. The van der Waals surface area contributed by atoms with Crippen molar-refractivity contribution in [2.75, 3.05) is 4.72 Å². The molecule has 0 fully saturated rings. The predicted octanol–water partition coefficient (Wildman–Crippen LogP) is 3.88. The highest BCUT2D eigenvalue weighted by Crippen LogP contribution is 2.21. The van der Waals surface area contributed by atoms with E-state index in [2.05, 4.69) is 10.0 Å². The first-order valence-corrected chi connectivity index (χ1v) is 10.1. The quantitative estimate of drug-likeness (QED) is 0.806. The number of benzene rings is 2. The van der Waals surface area contributed by atoms with E-state index in [0.29, 0.717) is 22.7 Å². The summed E-state index contributed by atoms with van der Waals surface area (Å²) in [5, 5.41) is 2.93. The first kappa shape index (κ1) is 20.0. The molecule has 0 bridgehead atoms. The number of hydrogen-bond acceptors (Lipinski definition) is 3. The van der Waals surface area contributed by atoms with Crippen molar-refractivity contribution in [1.82, 2.24) is 5.32 Å². The summed E-state index contributed by atoms with van der Waals surface area (Å²) in [6.07, 6.45) is 0. The lowest BCUT2D eigenvalue weighted by Crippen LogP contribution is -2.36. The molecule has 0 saturated heterocycles. The Morgan fingerprint density at radius 2 is 1.58 bits per heavy atom. The Labute approximate surface area is 155 Å². The number of carbonyl (C=O) groups is 1. The van der Waals surface area contributed by atoms with Crippen LogP contribution in [-0.4, -0.2) is 20.4 Å². The number of sulfonamides is 1. The average Bonchev–Trinajstić information content (AvgIpc) is 2.57. The molecular formula is C20H26N2O3S.